The molecular formula is C18H20N2O3. The lowest BCUT2D eigenvalue weighted by atomic mass is 9.75. The predicted molar refractivity (Wildman–Crippen MR) is 85.5 cm³/mol. The van der Waals surface area contributed by atoms with Gasteiger partial charge < -0.3 is 15.5 Å². The van der Waals surface area contributed by atoms with E-state index < -0.39 is 0 Å². The van der Waals surface area contributed by atoms with Crippen molar-refractivity contribution in [2.45, 2.75) is 31.6 Å². The number of carbonyl (C=O) groups is 1. The molecule has 0 spiro atoms. The first-order chi connectivity index (χ1) is 11.2. The van der Waals surface area contributed by atoms with Crippen molar-refractivity contribution in [1.82, 2.24) is 10.3 Å². The highest BCUT2D eigenvalue weighted by molar-refractivity contribution is 5.92. The van der Waals surface area contributed by atoms with Crippen molar-refractivity contribution in [1.29, 1.82) is 0 Å². The summed E-state index contributed by atoms with van der Waals surface area (Å²) in [5.41, 5.74) is 1.97. The first-order valence-electron chi connectivity index (χ1n) is 7.77. The van der Waals surface area contributed by atoms with Gasteiger partial charge in [0.1, 0.15) is 5.69 Å². The number of hydrogen-bond acceptors (Lipinski definition) is 4. The van der Waals surface area contributed by atoms with E-state index in [0.717, 1.165) is 5.56 Å². The average Bonchev–Trinajstić information content (AvgIpc) is 2.58. The summed E-state index contributed by atoms with van der Waals surface area (Å²) in [4.78, 5) is 16.6. The molecule has 1 aliphatic rings. The van der Waals surface area contributed by atoms with Crippen molar-refractivity contribution in [2.75, 3.05) is 0 Å². The fourth-order valence-corrected chi connectivity index (χ4v) is 2.95. The van der Waals surface area contributed by atoms with Crippen molar-refractivity contribution in [2.24, 2.45) is 5.92 Å². The Morgan fingerprint density at radius 1 is 1.26 bits per heavy atom. The monoisotopic (exact) mass is 312 g/mol. The third kappa shape index (κ3) is 3.57. The second-order valence-corrected chi connectivity index (χ2v) is 5.95. The lowest BCUT2D eigenvalue weighted by Crippen LogP contribution is -2.41. The zero-order chi connectivity index (χ0) is 16.2. The van der Waals surface area contributed by atoms with Crippen LogP contribution in [-0.2, 0) is 6.61 Å². The van der Waals surface area contributed by atoms with Crippen LogP contribution in [0.1, 0.15) is 40.5 Å². The number of benzene rings is 1. The van der Waals surface area contributed by atoms with Crippen molar-refractivity contribution in [3.05, 3.63) is 65.5 Å². The molecule has 1 aromatic carbocycles. The highest BCUT2D eigenvalue weighted by Gasteiger charge is 2.35. The SMILES string of the molecule is O=C(N[C@H](c1ccccc1)C1CC(O)C1)c1cc(CO)ccn1. The Morgan fingerprint density at radius 3 is 2.65 bits per heavy atom. The molecule has 3 N–H and O–H groups in total. The molecule has 1 fully saturated rings. The summed E-state index contributed by atoms with van der Waals surface area (Å²) in [5.74, 6) is -0.0482. The first kappa shape index (κ1) is 15.6. The van der Waals surface area contributed by atoms with Gasteiger partial charge >= 0.3 is 0 Å². The van der Waals surface area contributed by atoms with Gasteiger partial charge in [0, 0.05) is 6.20 Å². The zero-order valence-electron chi connectivity index (χ0n) is 12.7. The summed E-state index contributed by atoms with van der Waals surface area (Å²) < 4.78 is 0. The first-order valence-corrected chi connectivity index (χ1v) is 7.77. The maximum absolute atomic E-state index is 12.5. The molecule has 0 bridgehead atoms. The summed E-state index contributed by atoms with van der Waals surface area (Å²) in [6, 6.07) is 12.9. The van der Waals surface area contributed by atoms with E-state index in [1.807, 2.05) is 30.3 Å². The number of hydrogen-bond donors (Lipinski definition) is 3. The average molecular weight is 312 g/mol. The lowest BCUT2D eigenvalue weighted by molar-refractivity contribution is 0.0234. The number of amides is 1. The molecule has 1 aromatic heterocycles. The molecule has 1 saturated carbocycles. The van der Waals surface area contributed by atoms with Crippen LogP contribution in [-0.4, -0.2) is 27.2 Å². The second-order valence-electron chi connectivity index (χ2n) is 5.95. The smallest absolute Gasteiger partial charge is 0.270 e. The minimum atomic E-state index is -0.279. The molecule has 1 aliphatic carbocycles. The van der Waals surface area contributed by atoms with E-state index in [-0.39, 0.29) is 36.3 Å². The molecule has 120 valence electrons. The maximum atomic E-state index is 12.5. The van der Waals surface area contributed by atoms with Gasteiger partial charge in [-0.2, -0.15) is 0 Å². The van der Waals surface area contributed by atoms with Gasteiger partial charge in [-0.3, -0.25) is 9.78 Å². The number of carbonyl (C=O) groups excluding carboxylic acids is 1. The highest BCUT2D eigenvalue weighted by Crippen LogP contribution is 2.38. The van der Waals surface area contributed by atoms with Crippen LogP contribution in [0.15, 0.2) is 48.7 Å². The lowest BCUT2D eigenvalue weighted by Gasteiger charge is -2.38. The molecule has 5 nitrogen and oxygen atoms in total. The van der Waals surface area contributed by atoms with E-state index in [1.165, 1.54) is 6.20 Å². The van der Waals surface area contributed by atoms with Crippen LogP contribution in [0.2, 0.25) is 0 Å². The molecule has 1 heterocycles. The highest BCUT2D eigenvalue weighted by atomic mass is 16.3. The summed E-state index contributed by atoms with van der Waals surface area (Å²) in [5, 5.41) is 21.8. The minimum absolute atomic E-state index is 0.125. The van der Waals surface area contributed by atoms with Crippen LogP contribution in [0.4, 0.5) is 0 Å². The Kier molecular flexibility index (Phi) is 4.69. The Balaban J connectivity index is 1.79. The summed E-state index contributed by atoms with van der Waals surface area (Å²) in [7, 11) is 0. The van der Waals surface area contributed by atoms with Crippen LogP contribution in [0, 0.1) is 5.92 Å². The standard InChI is InChI=1S/C18H20N2O3/c21-11-12-6-7-19-16(8-12)18(23)20-17(14-9-15(22)10-14)13-4-2-1-3-5-13/h1-8,14-15,17,21-22H,9-11H2,(H,20,23)/t14?,15?,17-/m1/s1. The number of rotatable bonds is 5. The quantitative estimate of drug-likeness (QED) is 0.786. The zero-order valence-corrected chi connectivity index (χ0v) is 12.7. The van der Waals surface area contributed by atoms with Gasteiger partial charge in [0.25, 0.3) is 5.91 Å². The Hall–Kier alpha value is -2.24. The largest absolute Gasteiger partial charge is 0.393 e. The van der Waals surface area contributed by atoms with Gasteiger partial charge in [0.15, 0.2) is 0 Å². The van der Waals surface area contributed by atoms with Crippen molar-refractivity contribution in [3.63, 3.8) is 0 Å². The van der Waals surface area contributed by atoms with Crippen LogP contribution >= 0.6 is 0 Å². The fraction of sp³-hybridized carbons (Fsp3) is 0.333. The van der Waals surface area contributed by atoms with Crippen LogP contribution < -0.4 is 5.32 Å². The third-order valence-corrected chi connectivity index (χ3v) is 4.31. The number of aliphatic hydroxyl groups excluding tert-OH is 2. The van der Waals surface area contributed by atoms with E-state index in [9.17, 15) is 15.0 Å². The molecule has 1 atom stereocenters. The van der Waals surface area contributed by atoms with E-state index in [4.69, 9.17) is 0 Å². The van der Waals surface area contributed by atoms with E-state index in [0.29, 0.717) is 18.4 Å². The molecule has 23 heavy (non-hydrogen) atoms. The van der Waals surface area contributed by atoms with E-state index >= 15 is 0 Å². The van der Waals surface area contributed by atoms with Gasteiger partial charge in [-0.25, -0.2) is 0 Å². The van der Waals surface area contributed by atoms with Gasteiger partial charge in [-0.15, -0.1) is 0 Å². The van der Waals surface area contributed by atoms with E-state index in [2.05, 4.69) is 10.3 Å². The van der Waals surface area contributed by atoms with Gasteiger partial charge in [0.05, 0.1) is 18.8 Å². The molecular weight excluding hydrogens is 292 g/mol. The molecule has 0 aliphatic heterocycles. The predicted octanol–water partition coefficient (Wildman–Crippen LogP) is 1.82. The Bertz CT molecular complexity index is 669. The molecule has 5 heteroatoms. The summed E-state index contributed by atoms with van der Waals surface area (Å²) in [6.07, 6.45) is 2.61. The molecule has 0 unspecified atom stereocenters. The Labute approximate surface area is 135 Å². The van der Waals surface area contributed by atoms with Gasteiger partial charge in [-0.05, 0) is 42.0 Å². The van der Waals surface area contributed by atoms with Crippen molar-refractivity contribution in [3.8, 4) is 0 Å². The third-order valence-electron chi connectivity index (χ3n) is 4.31. The van der Waals surface area contributed by atoms with Crippen LogP contribution in [0.3, 0.4) is 0 Å². The molecule has 0 radical (unpaired) electrons. The normalized spacial score (nSPS) is 21.3. The molecule has 2 aromatic rings. The van der Waals surface area contributed by atoms with Crippen molar-refractivity contribution >= 4 is 5.91 Å². The topological polar surface area (TPSA) is 82.5 Å². The fourth-order valence-electron chi connectivity index (χ4n) is 2.95. The second kappa shape index (κ2) is 6.89. The van der Waals surface area contributed by atoms with Gasteiger partial charge in [0.2, 0.25) is 0 Å². The van der Waals surface area contributed by atoms with Crippen LogP contribution in [0.25, 0.3) is 0 Å². The molecule has 0 saturated heterocycles. The number of aromatic nitrogens is 1. The van der Waals surface area contributed by atoms with E-state index in [1.54, 1.807) is 12.1 Å². The number of nitrogens with zero attached hydrogens (tertiary/aromatic N) is 1. The number of pyridine rings is 1. The number of aliphatic hydroxyl groups is 2. The summed E-state index contributed by atoms with van der Waals surface area (Å²) in [6.45, 7) is -0.125. The summed E-state index contributed by atoms with van der Waals surface area (Å²) >= 11 is 0. The number of nitrogens with one attached hydrogen (secondary N) is 1. The van der Waals surface area contributed by atoms with Crippen LogP contribution in [0.5, 0.6) is 0 Å². The Morgan fingerprint density at radius 2 is 2.00 bits per heavy atom. The maximum Gasteiger partial charge on any atom is 0.270 e. The van der Waals surface area contributed by atoms with Gasteiger partial charge in [-0.1, -0.05) is 30.3 Å². The van der Waals surface area contributed by atoms with Crippen molar-refractivity contribution < 1.29 is 15.0 Å². The molecule has 1 amide bonds. The molecule has 3 rings (SSSR count). The minimum Gasteiger partial charge on any atom is -0.393 e.